The third kappa shape index (κ3) is 5.41. The molecule has 3 rings (SSSR count). The molecule has 2 aliphatic heterocycles. The van der Waals surface area contributed by atoms with Gasteiger partial charge in [0.1, 0.15) is 0 Å². The Morgan fingerprint density at radius 1 is 1.32 bits per heavy atom. The molecular formula is C21H35N5O2. The number of piperidine rings is 1. The third-order valence-electron chi connectivity index (χ3n) is 5.54. The number of aromatic nitrogens is 2. The predicted octanol–water partition coefficient (Wildman–Crippen LogP) is 2.12. The zero-order valence-corrected chi connectivity index (χ0v) is 17.8. The van der Waals surface area contributed by atoms with E-state index in [0.29, 0.717) is 31.1 Å². The van der Waals surface area contributed by atoms with Crippen molar-refractivity contribution in [3.05, 3.63) is 17.5 Å². The molecule has 0 spiro atoms. The van der Waals surface area contributed by atoms with Crippen LogP contribution in [-0.2, 0) is 11.2 Å². The smallest absolute Gasteiger partial charge is 0.255 e. The first-order valence-corrected chi connectivity index (χ1v) is 10.6. The number of rotatable bonds is 6. The minimum absolute atomic E-state index is 0.0829. The van der Waals surface area contributed by atoms with Gasteiger partial charge in [-0.1, -0.05) is 13.8 Å². The summed E-state index contributed by atoms with van der Waals surface area (Å²) in [6.07, 6.45) is 4.93. The highest BCUT2D eigenvalue weighted by Crippen LogP contribution is 2.19. The molecule has 1 aromatic rings. The molecule has 1 N–H and O–H groups in total. The van der Waals surface area contributed by atoms with Crippen LogP contribution in [0.15, 0.2) is 6.20 Å². The van der Waals surface area contributed by atoms with Crippen molar-refractivity contribution in [1.29, 1.82) is 0 Å². The van der Waals surface area contributed by atoms with E-state index in [0.717, 1.165) is 44.3 Å². The lowest BCUT2D eigenvalue weighted by Gasteiger charge is -2.37. The zero-order valence-electron chi connectivity index (χ0n) is 17.8. The number of morpholine rings is 1. The highest BCUT2D eigenvalue weighted by atomic mass is 16.5. The van der Waals surface area contributed by atoms with Gasteiger partial charge in [-0.15, -0.1) is 0 Å². The Morgan fingerprint density at radius 2 is 2.07 bits per heavy atom. The summed E-state index contributed by atoms with van der Waals surface area (Å²) in [5, 5.41) is 3.21. The monoisotopic (exact) mass is 389 g/mol. The number of hydrogen-bond acceptors (Lipinski definition) is 6. The van der Waals surface area contributed by atoms with Gasteiger partial charge in [-0.2, -0.15) is 0 Å². The van der Waals surface area contributed by atoms with Gasteiger partial charge in [0.2, 0.25) is 5.95 Å². The lowest BCUT2D eigenvalue weighted by atomic mass is 9.97. The van der Waals surface area contributed by atoms with Crippen LogP contribution in [0.1, 0.15) is 56.6 Å². The minimum Gasteiger partial charge on any atom is -0.378 e. The molecule has 0 saturated carbocycles. The molecule has 0 radical (unpaired) electrons. The molecule has 0 aliphatic carbocycles. The van der Waals surface area contributed by atoms with Crippen molar-refractivity contribution >= 4 is 11.9 Å². The van der Waals surface area contributed by atoms with Crippen molar-refractivity contribution < 1.29 is 9.53 Å². The second kappa shape index (κ2) is 9.18. The van der Waals surface area contributed by atoms with Crippen LogP contribution in [0.4, 0.5) is 5.95 Å². The Morgan fingerprint density at radius 3 is 2.75 bits per heavy atom. The number of amides is 1. The molecule has 1 unspecified atom stereocenters. The van der Waals surface area contributed by atoms with E-state index in [9.17, 15) is 4.79 Å². The summed E-state index contributed by atoms with van der Waals surface area (Å²) in [4.78, 5) is 26.7. The standard InChI is InChI=1S/C21H35N5O2/c1-5-18-17(13-22-20(23-18)26-9-11-28-12-10-26)19(27)24-21(3,4)15-25-8-6-7-16(2)14-25/h13,16H,5-12,14-15H2,1-4H3,(H,24,27). The Labute approximate surface area is 168 Å². The van der Waals surface area contributed by atoms with Crippen LogP contribution in [0.25, 0.3) is 0 Å². The summed E-state index contributed by atoms with van der Waals surface area (Å²) in [7, 11) is 0. The van der Waals surface area contributed by atoms with Crippen LogP contribution in [0.2, 0.25) is 0 Å². The molecule has 0 bridgehead atoms. The van der Waals surface area contributed by atoms with Crippen molar-refractivity contribution in [2.45, 2.75) is 52.5 Å². The lowest BCUT2D eigenvalue weighted by Crippen LogP contribution is -2.53. The van der Waals surface area contributed by atoms with Crippen LogP contribution < -0.4 is 10.2 Å². The Hall–Kier alpha value is -1.73. The molecule has 7 heteroatoms. The molecule has 1 amide bonds. The number of likely N-dealkylation sites (tertiary alicyclic amines) is 1. The number of anilines is 1. The van der Waals surface area contributed by atoms with Gasteiger partial charge in [-0.05, 0) is 45.6 Å². The van der Waals surface area contributed by atoms with Crippen LogP contribution in [0.5, 0.6) is 0 Å². The molecule has 1 aromatic heterocycles. The molecule has 0 aromatic carbocycles. The maximum atomic E-state index is 13.0. The molecule has 28 heavy (non-hydrogen) atoms. The maximum absolute atomic E-state index is 13.0. The van der Waals surface area contributed by atoms with Gasteiger partial charge in [-0.3, -0.25) is 4.79 Å². The van der Waals surface area contributed by atoms with Gasteiger partial charge < -0.3 is 19.9 Å². The fourth-order valence-electron chi connectivity index (χ4n) is 4.19. The summed E-state index contributed by atoms with van der Waals surface area (Å²) in [6.45, 7) is 14.6. The summed E-state index contributed by atoms with van der Waals surface area (Å²) < 4.78 is 5.40. The van der Waals surface area contributed by atoms with Crippen LogP contribution >= 0.6 is 0 Å². The molecule has 7 nitrogen and oxygen atoms in total. The molecule has 2 fully saturated rings. The highest BCUT2D eigenvalue weighted by molar-refractivity contribution is 5.95. The number of aryl methyl sites for hydroxylation is 1. The second-order valence-corrected chi connectivity index (χ2v) is 8.80. The van der Waals surface area contributed by atoms with Crippen molar-refractivity contribution in [2.24, 2.45) is 5.92 Å². The van der Waals surface area contributed by atoms with Gasteiger partial charge in [0, 0.05) is 37.9 Å². The van der Waals surface area contributed by atoms with Crippen LogP contribution in [-0.4, -0.2) is 72.3 Å². The average molecular weight is 390 g/mol. The Kier molecular flexibility index (Phi) is 6.88. The number of hydrogen-bond donors (Lipinski definition) is 1. The Bertz CT molecular complexity index is 673. The van der Waals surface area contributed by atoms with E-state index in [2.05, 4.69) is 45.9 Å². The maximum Gasteiger partial charge on any atom is 0.255 e. The van der Waals surface area contributed by atoms with Crippen molar-refractivity contribution in [2.75, 3.05) is 50.8 Å². The van der Waals surface area contributed by atoms with Crippen LogP contribution in [0, 0.1) is 5.92 Å². The number of ether oxygens (including phenoxy) is 1. The van der Waals surface area contributed by atoms with Gasteiger partial charge in [-0.25, -0.2) is 9.97 Å². The van der Waals surface area contributed by atoms with Crippen molar-refractivity contribution in [3.8, 4) is 0 Å². The first-order valence-electron chi connectivity index (χ1n) is 10.6. The average Bonchev–Trinajstić information content (AvgIpc) is 2.67. The number of nitrogens with zero attached hydrogens (tertiary/aromatic N) is 4. The summed E-state index contributed by atoms with van der Waals surface area (Å²) in [6, 6.07) is 0. The normalized spacial score (nSPS) is 21.6. The van der Waals surface area contributed by atoms with Gasteiger partial charge >= 0.3 is 0 Å². The summed E-state index contributed by atoms with van der Waals surface area (Å²) in [5.41, 5.74) is 1.08. The molecule has 1 atom stereocenters. The largest absolute Gasteiger partial charge is 0.378 e. The SMILES string of the molecule is CCc1nc(N2CCOCC2)ncc1C(=O)NC(C)(C)CN1CCCC(C)C1. The molecule has 2 aliphatic rings. The molecule has 2 saturated heterocycles. The van der Waals surface area contributed by atoms with Crippen LogP contribution in [0.3, 0.4) is 0 Å². The van der Waals surface area contributed by atoms with Gasteiger partial charge in [0.05, 0.1) is 24.5 Å². The number of carbonyl (C=O) groups excluding carboxylic acids is 1. The zero-order chi connectivity index (χ0) is 20.1. The fourth-order valence-corrected chi connectivity index (χ4v) is 4.19. The Balaban J connectivity index is 1.66. The van der Waals surface area contributed by atoms with E-state index in [1.54, 1.807) is 6.20 Å². The summed E-state index contributed by atoms with van der Waals surface area (Å²) >= 11 is 0. The molecule has 156 valence electrons. The van der Waals surface area contributed by atoms with E-state index in [4.69, 9.17) is 4.74 Å². The predicted molar refractivity (Wildman–Crippen MR) is 111 cm³/mol. The van der Waals surface area contributed by atoms with E-state index >= 15 is 0 Å². The van der Waals surface area contributed by atoms with Crippen molar-refractivity contribution in [1.82, 2.24) is 20.2 Å². The van der Waals surface area contributed by atoms with Gasteiger partial charge in [0.15, 0.2) is 0 Å². The fraction of sp³-hybridized carbons (Fsp3) is 0.762. The quantitative estimate of drug-likeness (QED) is 0.804. The molecular weight excluding hydrogens is 354 g/mol. The number of carbonyl (C=O) groups is 1. The molecule has 3 heterocycles. The topological polar surface area (TPSA) is 70.6 Å². The first-order chi connectivity index (χ1) is 13.4. The minimum atomic E-state index is -0.304. The number of nitrogens with one attached hydrogen (secondary N) is 1. The first kappa shape index (κ1) is 21.0. The van der Waals surface area contributed by atoms with E-state index < -0.39 is 0 Å². The summed E-state index contributed by atoms with van der Waals surface area (Å²) in [5.74, 6) is 1.34. The highest BCUT2D eigenvalue weighted by Gasteiger charge is 2.28. The van der Waals surface area contributed by atoms with Crippen molar-refractivity contribution in [3.63, 3.8) is 0 Å². The van der Waals surface area contributed by atoms with Gasteiger partial charge in [0.25, 0.3) is 5.91 Å². The second-order valence-electron chi connectivity index (χ2n) is 8.80. The lowest BCUT2D eigenvalue weighted by molar-refractivity contribution is 0.0861. The van der Waals surface area contributed by atoms with E-state index in [1.165, 1.54) is 12.8 Å². The van der Waals surface area contributed by atoms with E-state index in [1.807, 2.05) is 6.92 Å². The third-order valence-corrected chi connectivity index (χ3v) is 5.54. The van der Waals surface area contributed by atoms with E-state index in [-0.39, 0.29) is 11.4 Å².